The fourth-order valence-corrected chi connectivity index (χ4v) is 2.60. The molecule has 2 rings (SSSR count). The van der Waals surface area contributed by atoms with Crippen LogP contribution in [0.3, 0.4) is 0 Å². The van der Waals surface area contributed by atoms with Gasteiger partial charge in [0.15, 0.2) is 0 Å². The third-order valence-electron chi connectivity index (χ3n) is 2.96. The molecular weight excluding hydrogens is 294 g/mol. The molecule has 98 valence electrons. The minimum absolute atomic E-state index is 0.0966. The number of halogens is 1. The van der Waals surface area contributed by atoms with Gasteiger partial charge in [-0.05, 0) is 28.9 Å². The summed E-state index contributed by atoms with van der Waals surface area (Å²) < 4.78 is 4.94. The maximum absolute atomic E-state index is 4.28. The van der Waals surface area contributed by atoms with E-state index in [2.05, 4.69) is 38.3 Å². The Hall–Kier alpha value is -1.14. The lowest BCUT2D eigenvalue weighted by molar-refractivity contribution is 0.529. The number of aromatic nitrogens is 4. The molecule has 0 saturated carbocycles. The first kappa shape index (κ1) is 13.3. The first-order chi connectivity index (χ1) is 8.65. The van der Waals surface area contributed by atoms with Gasteiger partial charge >= 0.3 is 0 Å². The summed E-state index contributed by atoms with van der Waals surface area (Å²) in [4.78, 5) is 4.20. The molecule has 1 unspecified atom stereocenters. The monoisotopic (exact) mass is 311 g/mol. The van der Waals surface area contributed by atoms with E-state index in [1.807, 2.05) is 42.1 Å². The fraction of sp³-hybridized carbons (Fsp3) is 0.500. The highest BCUT2D eigenvalue weighted by molar-refractivity contribution is 9.10. The van der Waals surface area contributed by atoms with Crippen molar-refractivity contribution in [3.8, 4) is 0 Å². The zero-order valence-electron chi connectivity index (χ0n) is 10.9. The van der Waals surface area contributed by atoms with Crippen LogP contribution < -0.4 is 5.32 Å². The van der Waals surface area contributed by atoms with Crippen molar-refractivity contribution in [2.24, 2.45) is 14.1 Å². The van der Waals surface area contributed by atoms with Gasteiger partial charge < -0.3 is 9.88 Å². The van der Waals surface area contributed by atoms with Crippen LogP contribution in [0.25, 0.3) is 0 Å². The zero-order valence-corrected chi connectivity index (χ0v) is 12.5. The Morgan fingerprint density at radius 3 is 2.67 bits per heavy atom. The molecule has 1 atom stereocenters. The van der Waals surface area contributed by atoms with Gasteiger partial charge in [-0.2, -0.15) is 5.10 Å². The first-order valence-corrected chi connectivity index (χ1v) is 6.81. The number of rotatable bonds is 5. The molecular formula is C12H18BrN5. The molecule has 18 heavy (non-hydrogen) atoms. The van der Waals surface area contributed by atoms with Gasteiger partial charge in [0.05, 0.1) is 40.6 Å². The molecule has 1 N–H and O–H groups in total. The van der Waals surface area contributed by atoms with Crippen molar-refractivity contribution < 1.29 is 0 Å². The lowest BCUT2D eigenvalue weighted by Crippen LogP contribution is -2.27. The molecule has 0 amide bonds. The van der Waals surface area contributed by atoms with E-state index in [0.29, 0.717) is 0 Å². The second kappa shape index (κ2) is 5.67. The van der Waals surface area contributed by atoms with Crippen LogP contribution in [0.4, 0.5) is 0 Å². The molecule has 2 heterocycles. The first-order valence-electron chi connectivity index (χ1n) is 6.02. The van der Waals surface area contributed by atoms with Gasteiger partial charge in [-0.15, -0.1) is 0 Å². The highest BCUT2D eigenvalue weighted by Gasteiger charge is 2.22. The third-order valence-corrected chi connectivity index (χ3v) is 3.57. The summed E-state index contributed by atoms with van der Waals surface area (Å²) >= 11 is 3.57. The van der Waals surface area contributed by atoms with Crippen LogP contribution in [-0.4, -0.2) is 25.9 Å². The predicted molar refractivity (Wildman–Crippen MR) is 74.3 cm³/mol. The Morgan fingerprint density at radius 1 is 1.39 bits per heavy atom. The van der Waals surface area contributed by atoms with Crippen molar-refractivity contribution in [1.29, 1.82) is 0 Å². The van der Waals surface area contributed by atoms with E-state index in [9.17, 15) is 0 Å². The van der Waals surface area contributed by atoms with Crippen LogP contribution in [-0.2, 0) is 14.1 Å². The van der Waals surface area contributed by atoms with Crippen molar-refractivity contribution in [3.05, 3.63) is 34.6 Å². The molecule has 6 heteroatoms. The maximum atomic E-state index is 4.28. The molecule has 0 aliphatic heterocycles. The van der Waals surface area contributed by atoms with E-state index < -0.39 is 0 Å². The van der Waals surface area contributed by atoms with E-state index in [1.54, 1.807) is 0 Å². The second-order valence-corrected chi connectivity index (χ2v) is 5.17. The molecule has 0 spiro atoms. The molecule has 0 radical (unpaired) electrons. The van der Waals surface area contributed by atoms with Crippen LogP contribution >= 0.6 is 15.9 Å². The Labute approximate surface area is 115 Å². The SMILES string of the molecule is CCCNC(c1cncn1C)c1c(Br)cnn1C. The largest absolute Gasteiger partial charge is 0.336 e. The average molecular weight is 312 g/mol. The quantitative estimate of drug-likeness (QED) is 0.919. The van der Waals surface area contributed by atoms with Gasteiger partial charge in [0.2, 0.25) is 0 Å². The summed E-state index contributed by atoms with van der Waals surface area (Å²) in [7, 11) is 3.96. The number of hydrogen-bond donors (Lipinski definition) is 1. The number of nitrogens with zero attached hydrogens (tertiary/aromatic N) is 4. The van der Waals surface area contributed by atoms with Crippen molar-refractivity contribution in [2.75, 3.05) is 6.54 Å². The van der Waals surface area contributed by atoms with Gasteiger partial charge in [0, 0.05) is 14.1 Å². The normalized spacial score (nSPS) is 12.9. The van der Waals surface area contributed by atoms with Crippen LogP contribution in [0, 0.1) is 0 Å². The molecule has 0 aliphatic rings. The van der Waals surface area contributed by atoms with Gasteiger partial charge in [-0.3, -0.25) is 4.68 Å². The summed E-state index contributed by atoms with van der Waals surface area (Å²) in [6.07, 6.45) is 6.63. The van der Waals surface area contributed by atoms with Gasteiger partial charge in [-0.1, -0.05) is 6.92 Å². The van der Waals surface area contributed by atoms with E-state index >= 15 is 0 Å². The minimum atomic E-state index is 0.0966. The Kier molecular flexibility index (Phi) is 4.19. The van der Waals surface area contributed by atoms with E-state index in [-0.39, 0.29) is 6.04 Å². The summed E-state index contributed by atoms with van der Waals surface area (Å²) in [5, 5.41) is 7.83. The highest BCUT2D eigenvalue weighted by atomic mass is 79.9. The van der Waals surface area contributed by atoms with Crippen molar-refractivity contribution >= 4 is 15.9 Å². The van der Waals surface area contributed by atoms with Gasteiger partial charge in [0.1, 0.15) is 0 Å². The minimum Gasteiger partial charge on any atom is -0.336 e. The van der Waals surface area contributed by atoms with Crippen LogP contribution in [0.15, 0.2) is 23.2 Å². The van der Waals surface area contributed by atoms with Crippen molar-refractivity contribution in [3.63, 3.8) is 0 Å². The molecule has 2 aromatic heterocycles. The van der Waals surface area contributed by atoms with Gasteiger partial charge in [-0.25, -0.2) is 4.98 Å². The molecule has 0 bridgehead atoms. The van der Waals surface area contributed by atoms with Crippen LogP contribution in [0.2, 0.25) is 0 Å². The Balaban J connectivity index is 2.40. The number of imidazole rings is 1. The lowest BCUT2D eigenvalue weighted by Gasteiger charge is -2.20. The molecule has 0 aliphatic carbocycles. The molecule has 0 aromatic carbocycles. The fourth-order valence-electron chi connectivity index (χ4n) is 2.02. The Morgan fingerprint density at radius 2 is 2.17 bits per heavy atom. The zero-order chi connectivity index (χ0) is 13.1. The molecule has 0 saturated heterocycles. The molecule has 2 aromatic rings. The standard InChI is InChI=1S/C12H18BrN5/c1-4-5-15-11(10-7-14-8-17(10)2)12-9(13)6-16-18(12)3/h6-8,11,15H,4-5H2,1-3H3. The van der Waals surface area contributed by atoms with Crippen LogP contribution in [0.5, 0.6) is 0 Å². The summed E-state index contributed by atoms with van der Waals surface area (Å²) in [5.41, 5.74) is 2.25. The highest BCUT2D eigenvalue weighted by Crippen LogP contribution is 2.27. The molecule has 5 nitrogen and oxygen atoms in total. The van der Waals surface area contributed by atoms with Crippen molar-refractivity contribution in [1.82, 2.24) is 24.6 Å². The third kappa shape index (κ3) is 2.49. The number of aryl methyl sites for hydroxylation is 2. The van der Waals surface area contributed by atoms with E-state index in [0.717, 1.165) is 28.8 Å². The number of nitrogens with one attached hydrogen (secondary N) is 1. The molecule has 0 fully saturated rings. The average Bonchev–Trinajstić information content (AvgIpc) is 2.90. The summed E-state index contributed by atoms with van der Waals surface area (Å²) in [5.74, 6) is 0. The number of hydrogen-bond acceptors (Lipinski definition) is 3. The van der Waals surface area contributed by atoms with Gasteiger partial charge in [0.25, 0.3) is 0 Å². The van der Waals surface area contributed by atoms with E-state index in [4.69, 9.17) is 0 Å². The smallest absolute Gasteiger partial charge is 0.0946 e. The van der Waals surface area contributed by atoms with Crippen LogP contribution in [0.1, 0.15) is 30.8 Å². The topological polar surface area (TPSA) is 47.7 Å². The maximum Gasteiger partial charge on any atom is 0.0946 e. The van der Waals surface area contributed by atoms with E-state index in [1.165, 1.54) is 0 Å². The summed E-state index contributed by atoms with van der Waals surface area (Å²) in [6, 6.07) is 0.0966. The Bertz CT molecular complexity index is 497. The lowest BCUT2D eigenvalue weighted by atomic mass is 10.1. The predicted octanol–water partition coefficient (Wildman–Crippen LogP) is 2.01. The second-order valence-electron chi connectivity index (χ2n) is 4.32. The van der Waals surface area contributed by atoms with Crippen molar-refractivity contribution in [2.45, 2.75) is 19.4 Å². The summed E-state index contributed by atoms with van der Waals surface area (Å²) in [6.45, 7) is 3.11.